The number of benzene rings is 1. The number of aliphatic hydroxyl groups is 1. The summed E-state index contributed by atoms with van der Waals surface area (Å²) in [6.07, 6.45) is -0.697. The van der Waals surface area contributed by atoms with Crippen LogP contribution in [0.25, 0.3) is 5.76 Å². The Bertz CT molecular complexity index is 1200. The van der Waals surface area contributed by atoms with E-state index in [1.807, 2.05) is 0 Å². The monoisotopic (exact) mass is 441 g/mol. The van der Waals surface area contributed by atoms with Gasteiger partial charge < -0.3 is 9.84 Å². The van der Waals surface area contributed by atoms with E-state index >= 15 is 0 Å². The van der Waals surface area contributed by atoms with Gasteiger partial charge in [-0.2, -0.15) is 0 Å². The Kier molecular flexibility index (Phi) is 5.35. The van der Waals surface area contributed by atoms with E-state index in [-0.39, 0.29) is 22.5 Å². The van der Waals surface area contributed by atoms with Crippen LogP contribution in [-0.2, 0) is 9.59 Å². The lowest BCUT2D eigenvalue weighted by Crippen LogP contribution is -2.30. The second kappa shape index (κ2) is 8.14. The van der Waals surface area contributed by atoms with Crippen molar-refractivity contribution in [3.8, 4) is 5.75 Å². The van der Waals surface area contributed by atoms with Crippen LogP contribution in [0.3, 0.4) is 0 Å². The molecule has 0 aliphatic carbocycles. The molecule has 1 unspecified atom stereocenters. The zero-order valence-electron chi connectivity index (χ0n) is 16.2. The van der Waals surface area contributed by atoms with Gasteiger partial charge in [-0.3, -0.25) is 24.5 Å². The van der Waals surface area contributed by atoms with Gasteiger partial charge in [0.2, 0.25) is 0 Å². The van der Waals surface area contributed by atoms with Crippen molar-refractivity contribution in [3.05, 3.63) is 90.0 Å². The van der Waals surface area contributed by atoms with Crippen molar-refractivity contribution >= 4 is 23.1 Å². The van der Waals surface area contributed by atoms with Crippen LogP contribution in [0, 0.1) is 0 Å². The fourth-order valence-electron chi connectivity index (χ4n) is 3.41. The lowest BCUT2D eigenvalue weighted by Gasteiger charge is -2.25. The first-order chi connectivity index (χ1) is 15.3. The number of anilines is 1. The lowest BCUT2D eigenvalue weighted by molar-refractivity contribution is -0.274. The van der Waals surface area contributed by atoms with Crippen molar-refractivity contribution in [1.82, 2.24) is 9.97 Å². The molecule has 10 heteroatoms. The van der Waals surface area contributed by atoms with E-state index in [0.29, 0.717) is 0 Å². The summed E-state index contributed by atoms with van der Waals surface area (Å²) in [5.74, 6) is -3.05. The van der Waals surface area contributed by atoms with E-state index in [4.69, 9.17) is 0 Å². The molecule has 1 aliphatic rings. The highest BCUT2D eigenvalue weighted by Crippen LogP contribution is 2.42. The summed E-state index contributed by atoms with van der Waals surface area (Å²) in [4.78, 5) is 34.9. The van der Waals surface area contributed by atoms with Gasteiger partial charge in [-0.25, -0.2) is 0 Å². The third-order valence-electron chi connectivity index (χ3n) is 4.70. The van der Waals surface area contributed by atoms with Gasteiger partial charge in [0.25, 0.3) is 11.7 Å². The number of pyridine rings is 2. The highest BCUT2D eigenvalue weighted by Gasteiger charge is 2.47. The van der Waals surface area contributed by atoms with Gasteiger partial charge in [0, 0.05) is 35.9 Å². The number of carbonyl (C=O) groups excluding carboxylic acids is 2. The fourth-order valence-corrected chi connectivity index (χ4v) is 3.41. The molecular weight excluding hydrogens is 427 g/mol. The van der Waals surface area contributed by atoms with Crippen molar-refractivity contribution in [2.45, 2.75) is 12.4 Å². The van der Waals surface area contributed by atoms with E-state index in [1.165, 1.54) is 42.9 Å². The number of aromatic nitrogens is 2. The van der Waals surface area contributed by atoms with E-state index in [9.17, 15) is 27.9 Å². The number of halogens is 3. The molecule has 0 radical (unpaired) electrons. The van der Waals surface area contributed by atoms with E-state index in [1.54, 1.807) is 18.2 Å². The normalized spacial score (nSPS) is 18.1. The molecule has 1 aliphatic heterocycles. The Morgan fingerprint density at radius 2 is 1.75 bits per heavy atom. The predicted molar refractivity (Wildman–Crippen MR) is 106 cm³/mol. The smallest absolute Gasteiger partial charge is 0.507 e. The van der Waals surface area contributed by atoms with Crippen molar-refractivity contribution in [3.63, 3.8) is 0 Å². The van der Waals surface area contributed by atoms with Gasteiger partial charge in [0.05, 0.1) is 11.3 Å². The maximum absolute atomic E-state index is 13.0. The first-order valence-corrected chi connectivity index (χ1v) is 9.24. The summed E-state index contributed by atoms with van der Waals surface area (Å²) in [6.45, 7) is 0. The SMILES string of the molecule is O=C1C(=O)N(c2cccc(OC(F)(F)F)c2)C(c2ccccn2)/C1=C(\O)c1ccncc1. The number of hydrogen-bond acceptors (Lipinski definition) is 6. The molecule has 0 bridgehead atoms. The average molecular weight is 441 g/mol. The van der Waals surface area contributed by atoms with Crippen LogP contribution in [0.2, 0.25) is 0 Å². The number of hydrogen-bond donors (Lipinski definition) is 1. The van der Waals surface area contributed by atoms with E-state index < -0.39 is 35.6 Å². The largest absolute Gasteiger partial charge is 0.573 e. The number of carbonyl (C=O) groups is 2. The summed E-state index contributed by atoms with van der Waals surface area (Å²) in [7, 11) is 0. The molecule has 1 N–H and O–H groups in total. The first kappa shape index (κ1) is 21.0. The fraction of sp³-hybridized carbons (Fsp3) is 0.0909. The van der Waals surface area contributed by atoms with Crippen LogP contribution in [0.4, 0.5) is 18.9 Å². The molecule has 3 heterocycles. The van der Waals surface area contributed by atoms with Gasteiger partial charge in [0.15, 0.2) is 0 Å². The highest BCUT2D eigenvalue weighted by molar-refractivity contribution is 6.51. The summed E-state index contributed by atoms with van der Waals surface area (Å²) in [5.41, 5.74) is 0.206. The summed E-state index contributed by atoms with van der Waals surface area (Å²) in [5, 5.41) is 10.9. The van der Waals surface area contributed by atoms with E-state index in [2.05, 4.69) is 14.7 Å². The van der Waals surface area contributed by atoms with Crippen molar-refractivity contribution in [1.29, 1.82) is 0 Å². The van der Waals surface area contributed by atoms with Crippen LogP contribution >= 0.6 is 0 Å². The minimum Gasteiger partial charge on any atom is -0.507 e. The molecule has 0 saturated carbocycles. The second-order valence-electron chi connectivity index (χ2n) is 6.70. The third kappa shape index (κ3) is 4.02. The average Bonchev–Trinajstić information content (AvgIpc) is 3.04. The molecule has 1 atom stereocenters. The molecule has 7 nitrogen and oxygen atoms in total. The van der Waals surface area contributed by atoms with Crippen molar-refractivity contribution in [2.75, 3.05) is 4.90 Å². The number of ether oxygens (including phenoxy) is 1. The molecule has 2 aromatic heterocycles. The highest BCUT2D eigenvalue weighted by atomic mass is 19.4. The Balaban J connectivity index is 1.88. The number of alkyl halides is 3. The van der Waals surface area contributed by atoms with Gasteiger partial charge in [-0.05, 0) is 36.4 Å². The van der Waals surface area contributed by atoms with Gasteiger partial charge in [-0.15, -0.1) is 13.2 Å². The number of rotatable bonds is 4. The van der Waals surface area contributed by atoms with Crippen molar-refractivity contribution in [2.24, 2.45) is 0 Å². The van der Waals surface area contributed by atoms with Gasteiger partial charge in [0.1, 0.15) is 17.6 Å². The van der Waals surface area contributed by atoms with Crippen LogP contribution in [0.15, 0.2) is 78.8 Å². The van der Waals surface area contributed by atoms with Crippen LogP contribution in [0.5, 0.6) is 5.75 Å². The summed E-state index contributed by atoms with van der Waals surface area (Å²) in [6, 6.07) is 11.2. The molecule has 162 valence electrons. The Morgan fingerprint density at radius 3 is 2.41 bits per heavy atom. The molecule has 0 spiro atoms. The zero-order chi connectivity index (χ0) is 22.9. The minimum absolute atomic E-state index is 0.0294. The Labute approximate surface area is 179 Å². The van der Waals surface area contributed by atoms with Crippen LogP contribution < -0.4 is 9.64 Å². The predicted octanol–water partition coefficient (Wildman–Crippen LogP) is 4.00. The maximum atomic E-state index is 13.0. The second-order valence-corrected chi connectivity index (χ2v) is 6.70. The van der Waals surface area contributed by atoms with Crippen LogP contribution in [-0.4, -0.2) is 33.1 Å². The molecule has 1 amide bonds. The number of Topliss-reactive ketones (excluding diaryl/α,β-unsaturated/α-hetero) is 1. The van der Waals surface area contributed by atoms with E-state index in [0.717, 1.165) is 17.0 Å². The van der Waals surface area contributed by atoms with Crippen molar-refractivity contribution < 1.29 is 32.6 Å². The number of amides is 1. The minimum atomic E-state index is -4.94. The number of nitrogens with zero attached hydrogens (tertiary/aromatic N) is 3. The molecule has 1 aromatic carbocycles. The lowest BCUT2D eigenvalue weighted by atomic mass is 9.98. The van der Waals surface area contributed by atoms with Gasteiger partial charge in [-0.1, -0.05) is 12.1 Å². The third-order valence-corrected chi connectivity index (χ3v) is 4.70. The topological polar surface area (TPSA) is 92.6 Å². The maximum Gasteiger partial charge on any atom is 0.573 e. The zero-order valence-corrected chi connectivity index (χ0v) is 16.2. The first-order valence-electron chi connectivity index (χ1n) is 9.24. The Hall–Kier alpha value is -4.21. The molecule has 1 saturated heterocycles. The molecule has 1 fully saturated rings. The standard InChI is InChI=1S/C22H14F3N3O4/c23-22(24,25)32-15-5-3-4-14(12-15)28-18(16-6-1-2-9-27-16)17(20(30)21(28)31)19(29)13-7-10-26-11-8-13/h1-12,18,29H/b19-17+. The molecule has 4 rings (SSSR count). The summed E-state index contributed by atoms with van der Waals surface area (Å²) >= 11 is 0. The molecule has 32 heavy (non-hydrogen) atoms. The quantitative estimate of drug-likeness (QED) is 0.374. The number of ketones is 1. The van der Waals surface area contributed by atoms with Crippen LogP contribution in [0.1, 0.15) is 17.3 Å². The molecule has 3 aromatic rings. The Morgan fingerprint density at radius 1 is 1.00 bits per heavy atom. The summed E-state index contributed by atoms with van der Waals surface area (Å²) < 4.78 is 42.0. The van der Waals surface area contributed by atoms with Gasteiger partial charge >= 0.3 is 6.36 Å². The molecular formula is C22H14F3N3O4. The number of aliphatic hydroxyl groups excluding tert-OH is 1.